The quantitative estimate of drug-likeness (QED) is 0.652. The van der Waals surface area contributed by atoms with Gasteiger partial charge in [0.15, 0.2) is 0 Å². The summed E-state index contributed by atoms with van der Waals surface area (Å²) in [6.45, 7) is 5.88. The van der Waals surface area contributed by atoms with E-state index in [2.05, 4.69) is 42.4 Å². The Morgan fingerprint density at radius 1 is 1.64 bits per heavy atom. The van der Waals surface area contributed by atoms with Crippen molar-refractivity contribution in [2.45, 2.75) is 19.4 Å². The third-order valence-corrected chi connectivity index (χ3v) is 2.74. The molecule has 1 aliphatic heterocycles. The van der Waals surface area contributed by atoms with E-state index < -0.39 is 0 Å². The number of allylic oxidation sites excluding steroid dienone is 5. The largest absolute Gasteiger partial charge is 0.383 e. The average Bonchev–Trinajstić information content (AvgIpc) is 2.65. The van der Waals surface area contributed by atoms with E-state index in [1.54, 1.807) is 0 Å². The fourth-order valence-electron chi connectivity index (χ4n) is 1.97. The fraction of sp³-hybridized carbons (Fsp3) is 0.231. The van der Waals surface area contributed by atoms with Crippen LogP contribution >= 0.6 is 0 Å². The van der Waals surface area contributed by atoms with Crippen LogP contribution in [0, 0.1) is 0 Å². The highest BCUT2D eigenvalue weighted by molar-refractivity contribution is 5.57. The van der Waals surface area contributed by atoms with E-state index in [0.717, 1.165) is 6.42 Å². The molecule has 2 aliphatic rings. The van der Waals surface area contributed by atoms with E-state index in [1.807, 2.05) is 13.0 Å². The van der Waals surface area contributed by atoms with Gasteiger partial charge in [-0.1, -0.05) is 37.0 Å². The van der Waals surface area contributed by atoms with Gasteiger partial charge in [-0.05, 0) is 24.5 Å². The van der Waals surface area contributed by atoms with Gasteiger partial charge < -0.3 is 5.32 Å². The van der Waals surface area contributed by atoms with Crippen molar-refractivity contribution in [1.82, 2.24) is 5.32 Å². The Morgan fingerprint density at radius 3 is 3.21 bits per heavy atom. The van der Waals surface area contributed by atoms with Crippen molar-refractivity contribution in [3.63, 3.8) is 0 Å². The van der Waals surface area contributed by atoms with E-state index in [4.69, 9.17) is 0 Å². The van der Waals surface area contributed by atoms with Gasteiger partial charge in [-0.3, -0.25) is 0 Å². The summed E-state index contributed by atoms with van der Waals surface area (Å²) in [7, 11) is 0. The molecular formula is C13H15N. The van der Waals surface area contributed by atoms with Crippen LogP contribution in [-0.4, -0.2) is 6.04 Å². The van der Waals surface area contributed by atoms with Gasteiger partial charge in [-0.2, -0.15) is 0 Å². The zero-order valence-corrected chi connectivity index (χ0v) is 8.46. The molecule has 0 amide bonds. The van der Waals surface area contributed by atoms with Gasteiger partial charge in [-0.15, -0.1) is 0 Å². The van der Waals surface area contributed by atoms with Crippen LogP contribution < -0.4 is 5.32 Å². The molecule has 1 heterocycles. The van der Waals surface area contributed by atoms with Crippen LogP contribution in [0.3, 0.4) is 0 Å². The highest BCUT2D eigenvalue weighted by atomic mass is 14.9. The molecule has 1 atom stereocenters. The van der Waals surface area contributed by atoms with Crippen molar-refractivity contribution in [1.29, 1.82) is 0 Å². The molecule has 0 saturated carbocycles. The molecule has 0 bridgehead atoms. The molecule has 1 unspecified atom stereocenters. The summed E-state index contributed by atoms with van der Waals surface area (Å²) in [5.41, 5.74) is 3.89. The van der Waals surface area contributed by atoms with Crippen LogP contribution in [0.1, 0.15) is 13.3 Å². The molecule has 72 valence electrons. The van der Waals surface area contributed by atoms with Crippen LogP contribution in [0.2, 0.25) is 0 Å². The van der Waals surface area contributed by atoms with Crippen LogP contribution in [0.15, 0.2) is 59.9 Å². The number of hydrogen-bond donors (Lipinski definition) is 1. The van der Waals surface area contributed by atoms with Gasteiger partial charge >= 0.3 is 0 Å². The van der Waals surface area contributed by atoms with Crippen molar-refractivity contribution in [2.24, 2.45) is 0 Å². The molecule has 14 heavy (non-hydrogen) atoms. The molecular weight excluding hydrogens is 170 g/mol. The Kier molecular flexibility index (Phi) is 2.40. The summed E-state index contributed by atoms with van der Waals surface area (Å²) in [6.07, 6.45) is 13.7. The molecule has 0 aromatic carbocycles. The van der Waals surface area contributed by atoms with Gasteiger partial charge in [0.25, 0.3) is 0 Å². The number of rotatable bonds is 2. The summed E-state index contributed by atoms with van der Waals surface area (Å²) in [4.78, 5) is 0. The first-order valence-electron chi connectivity index (χ1n) is 4.99. The maximum absolute atomic E-state index is 3.83. The van der Waals surface area contributed by atoms with Gasteiger partial charge in [0.05, 0.1) is 6.04 Å². The first-order valence-corrected chi connectivity index (χ1v) is 4.99. The second kappa shape index (κ2) is 3.70. The minimum atomic E-state index is 0.477. The van der Waals surface area contributed by atoms with Crippen molar-refractivity contribution in [3.8, 4) is 0 Å². The van der Waals surface area contributed by atoms with Gasteiger partial charge in [0.1, 0.15) is 0 Å². The van der Waals surface area contributed by atoms with Crippen molar-refractivity contribution in [3.05, 3.63) is 59.9 Å². The highest BCUT2D eigenvalue weighted by Gasteiger charge is 2.23. The third-order valence-electron chi connectivity index (χ3n) is 2.74. The Balaban J connectivity index is 2.34. The molecule has 0 fully saturated rings. The second-order valence-corrected chi connectivity index (χ2v) is 3.51. The Bertz CT molecular complexity index is 367. The number of fused-ring (bicyclic) bond motifs is 1. The zero-order valence-electron chi connectivity index (χ0n) is 8.46. The van der Waals surface area contributed by atoms with Crippen molar-refractivity contribution in [2.75, 3.05) is 0 Å². The summed E-state index contributed by atoms with van der Waals surface area (Å²) in [5, 5.41) is 3.39. The maximum Gasteiger partial charge on any atom is 0.0549 e. The van der Waals surface area contributed by atoms with Gasteiger partial charge in [0, 0.05) is 11.8 Å². The fourth-order valence-corrected chi connectivity index (χ4v) is 1.97. The summed E-state index contributed by atoms with van der Waals surface area (Å²) >= 11 is 0. The molecule has 0 saturated heterocycles. The predicted octanol–water partition coefficient (Wildman–Crippen LogP) is 2.86. The van der Waals surface area contributed by atoms with E-state index >= 15 is 0 Å². The predicted molar refractivity (Wildman–Crippen MR) is 60.8 cm³/mol. The molecule has 2 rings (SSSR count). The van der Waals surface area contributed by atoms with Crippen LogP contribution in [0.5, 0.6) is 0 Å². The SMILES string of the molecule is C=C/C(=C\C)C1=CNC2CC=CC=C12. The first-order chi connectivity index (χ1) is 6.86. The molecule has 1 N–H and O–H groups in total. The van der Waals surface area contributed by atoms with Crippen molar-refractivity contribution < 1.29 is 0 Å². The van der Waals surface area contributed by atoms with Gasteiger partial charge in [0.2, 0.25) is 0 Å². The van der Waals surface area contributed by atoms with Gasteiger partial charge in [-0.25, -0.2) is 0 Å². The Hall–Kier alpha value is -1.50. The molecule has 1 nitrogen and oxygen atoms in total. The number of nitrogens with one attached hydrogen (secondary N) is 1. The molecule has 0 spiro atoms. The second-order valence-electron chi connectivity index (χ2n) is 3.51. The normalized spacial score (nSPS) is 24.9. The highest BCUT2D eigenvalue weighted by Crippen LogP contribution is 2.30. The summed E-state index contributed by atoms with van der Waals surface area (Å²) < 4.78 is 0. The molecule has 0 aromatic heterocycles. The zero-order chi connectivity index (χ0) is 9.97. The van der Waals surface area contributed by atoms with E-state index in [9.17, 15) is 0 Å². The number of hydrogen-bond acceptors (Lipinski definition) is 1. The maximum atomic E-state index is 3.83. The van der Waals surface area contributed by atoms with E-state index in [1.165, 1.54) is 16.7 Å². The lowest BCUT2D eigenvalue weighted by molar-refractivity contribution is 0.707. The van der Waals surface area contributed by atoms with Crippen LogP contribution in [-0.2, 0) is 0 Å². The third kappa shape index (κ3) is 1.35. The lowest BCUT2D eigenvalue weighted by Gasteiger charge is -2.16. The van der Waals surface area contributed by atoms with Crippen LogP contribution in [0.25, 0.3) is 0 Å². The monoisotopic (exact) mass is 185 g/mol. The topological polar surface area (TPSA) is 12.0 Å². The van der Waals surface area contributed by atoms with E-state index in [0.29, 0.717) is 6.04 Å². The van der Waals surface area contributed by atoms with E-state index in [-0.39, 0.29) is 0 Å². The Labute approximate surface area is 85.2 Å². The minimum absolute atomic E-state index is 0.477. The lowest BCUT2D eigenvalue weighted by Crippen LogP contribution is -2.21. The molecule has 0 radical (unpaired) electrons. The first kappa shape index (κ1) is 9.07. The molecule has 1 aliphatic carbocycles. The average molecular weight is 185 g/mol. The smallest absolute Gasteiger partial charge is 0.0549 e. The standard InChI is InChI=1S/C13H15N/c1-3-10(4-2)12-9-14-13-8-6-5-7-11(12)13/h3-7,9,13-14H,1,8H2,2H3/b10-4+. The Morgan fingerprint density at radius 2 is 2.50 bits per heavy atom. The molecule has 0 aromatic rings. The summed E-state index contributed by atoms with van der Waals surface area (Å²) in [6, 6.07) is 0.477. The molecule has 1 heteroatoms. The van der Waals surface area contributed by atoms with Crippen LogP contribution in [0.4, 0.5) is 0 Å². The minimum Gasteiger partial charge on any atom is -0.383 e. The van der Waals surface area contributed by atoms with Crippen molar-refractivity contribution >= 4 is 0 Å². The summed E-state index contributed by atoms with van der Waals surface area (Å²) in [5.74, 6) is 0. The lowest BCUT2D eigenvalue weighted by atomic mass is 9.92.